The van der Waals surface area contributed by atoms with Crippen molar-refractivity contribution >= 4 is 17.5 Å². The molecule has 2 aliphatic rings. The monoisotopic (exact) mass is 357 g/mol. The van der Waals surface area contributed by atoms with E-state index in [1.165, 1.54) is 6.26 Å². The molecule has 0 bridgehead atoms. The molecule has 1 saturated heterocycles. The summed E-state index contributed by atoms with van der Waals surface area (Å²) in [7, 11) is 0. The molecule has 2 amide bonds. The summed E-state index contributed by atoms with van der Waals surface area (Å²) in [5.41, 5.74) is 0.800. The Morgan fingerprint density at radius 2 is 1.77 bits per heavy atom. The Morgan fingerprint density at radius 1 is 1.00 bits per heavy atom. The van der Waals surface area contributed by atoms with Gasteiger partial charge >= 0.3 is 0 Å². The third-order valence-electron chi connectivity index (χ3n) is 4.47. The number of nitrogens with one attached hydrogen (secondary N) is 1. The highest BCUT2D eigenvalue weighted by Crippen LogP contribution is 2.34. The Kier molecular flexibility index (Phi) is 4.39. The van der Waals surface area contributed by atoms with Crippen LogP contribution in [0.1, 0.15) is 10.6 Å². The molecule has 26 heavy (non-hydrogen) atoms. The van der Waals surface area contributed by atoms with Gasteiger partial charge in [0.25, 0.3) is 5.91 Å². The van der Waals surface area contributed by atoms with E-state index < -0.39 is 0 Å². The molecule has 3 heterocycles. The van der Waals surface area contributed by atoms with Crippen LogP contribution in [0.3, 0.4) is 0 Å². The van der Waals surface area contributed by atoms with Crippen LogP contribution in [0, 0.1) is 0 Å². The summed E-state index contributed by atoms with van der Waals surface area (Å²) in [6.45, 7) is 2.41. The van der Waals surface area contributed by atoms with Gasteiger partial charge in [0.05, 0.1) is 12.8 Å². The zero-order valence-corrected chi connectivity index (χ0v) is 14.1. The zero-order chi connectivity index (χ0) is 17.9. The molecule has 0 aliphatic carbocycles. The Hall–Kier alpha value is -3.16. The second kappa shape index (κ2) is 6.99. The minimum atomic E-state index is -0.138. The van der Waals surface area contributed by atoms with Crippen LogP contribution in [0.4, 0.5) is 5.69 Å². The summed E-state index contributed by atoms with van der Waals surface area (Å²) in [5.74, 6) is 1.56. The zero-order valence-electron chi connectivity index (χ0n) is 14.1. The second-order valence-corrected chi connectivity index (χ2v) is 6.07. The van der Waals surface area contributed by atoms with Crippen molar-refractivity contribution in [1.29, 1.82) is 0 Å². The standard InChI is InChI=1S/C18H19N3O5/c22-17(11-19-13-3-4-14-16(10-13)26-12-25-14)20-5-7-21(8-6-20)18(23)15-2-1-9-24-15/h1-4,9-10,19H,5-8,11-12H2. The van der Waals surface area contributed by atoms with Crippen molar-refractivity contribution in [1.82, 2.24) is 9.80 Å². The molecule has 2 aliphatic heterocycles. The molecule has 2 aromatic rings. The summed E-state index contributed by atoms with van der Waals surface area (Å²) in [6, 6.07) is 8.81. The lowest BCUT2D eigenvalue weighted by Gasteiger charge is -2.34. The van der Waals surface area contributed by atoms with Gasteiger partial charge in [0, 0.05) is 37.9 Å². The first-order valence-corrected chi connectivity index (χ1v) is 8.45. The third kappa shape index (κ3) is 3.30. The number of furan rings is 1. The molecule has 8 nitrogen and oxygen atoms in total. The molecule has 1 N–H and O–H groups in total. The Bertz CT molecular complexity index is 797. The highest BCUT2D eigenvalue weighted by Gasteiger charge is 2.26. The van der Waals surface area contributed by atoms with E-state index >= 15 is 0 Å². The van der Waals surface area contributed by atoms with Crippen molar-refractivity contribution < 1.29 is 23.5 Å². The van der Waals surface area contributed by atoms with E-state index in [-0.39, 0.29) is 25.2 Å². The SMILES string of the molecule is O=C(CNc1ccc2c(c1)OCO2)N1CCN(C(=O)c2ccco2)CC1. The van der Waals surface area contributed by atoms with Gasteiger partial charge < -0.3 is 29.0 Å². The summed E-state index contributed by atoms with van der Waals surface area (Å²) in [4.78, 5) is 28.1. The molecule has 0 saturated carbocycles. The average Bonchev–Trinajstić information content (AvgIpc) is 3.37. The smallest absolute Gasteiger partial charge is 0.289 e. The normalized spacial score (nSPS) is 15.8. The van der Waals surface area contributed by atoms with Crippen LogP contribution < -0.4 is 14.8 Å². The Morgan fingerprint density at radius 3 is 2.54 bits per heavy atom. The first-order chi connectivity index (χ1) is 12.7. The van der Waals surface area contributed by atoms with Gasteiger partial charge in [-0.1, -0.05) is 0 Å². The van der Waals surface area contributed by atoms with E-state index in [0.29, 0.717) is 43.4 Å². The van der Waals surface area contributed by atoms with E-state index in [4.69, 9.17) is 13.9 Å². The van der Waals surface area contributed by atoms with Crippen molar-refractivity contribution in [2.75, 3.05) is 44.8 Å². The minimum absolute atomic E-state index is 0.00670. The van der Waals surface area contributed by atoms with Crippen LogP contribution in [0.2, 0.25) is 0 Å². The molecule has 0 radical (unpaired) electrons. The predicted octanol–water partition coefficient (Wildman–Crippen LogP) is 1.40. The van der Waals surface area contributed by atoms with E-state index in [9.17, 15) is 9.59 Å². The van der Waals surface area contributed by atoms with Crippen molar-refractivity contribution in [3.8, 4) is 11.5 Å². The first kappa shape index (κ1) is 16.3. The van der Waals surface area contributed by atoms with E-state index in [1.54, 1.807) is 21.9 Å². The number of carbonyl (C=O) groups is 2. The molecule has 8 heteroatoms. The van der Waals surface area contributed by atoms with Gasteiger partial charge in [0.15, 0.2) is 17.3 Å². The van der Waals surface area contributed by atoms with E-state index in [1.807, 2.05) is 18.2 Å². The molecule has 0 unspecified atom stereocenters. The lowest BCUT2D eigenvalue weighted by atomic mass is 10.2. The first-order valence-electron chi connectivity index (χ1n) is 8.45. The fourth-order valence-corrected chi connectivity index (χ4v) is 3.01. The van der Waals surface area contributed by atoms with E-state index in [0.717, 1.165) is 5.69 Å². The van der Waals surface area contributed by atoms with Crippen LogP contribution in [0.15, 0.2) is 41.0 Å². The van der Waals surface area contributed by atoms with Gasteiger partial charge in [-0.05, 0) is 24.3 Å². The topological polar surface area (TPSA) is 84.3 Å². The maximum Gasteiger partial charge on any atom is 0.289 e. The number of fused-ring (bicyclic) bond motifs is 1. The predicted molar refractivity (Wildman–Crippen MR) is 92.2 cm³/mol. The van der Waals surface area contributed by atoms with Gasteiger partial charge in [-0.15, -0.1) is 0 Å². The minimum Gasteiger partial charge on any atom is -0.459 e. The number of piperazine rings is 1. The highest BCUT2D eigenvalue weighted by atomic mass is 16.7. The maximum atomic E-state index is 12.4. The van der Waals surface area contributed by atoms with Gasteiger partial charge in [0.1, 0.15) is 0 Å². The number of benzene rings is 1. The molecule has 0 atom stereocenters. The summed E-state index contributed by atoms with van der Waals surface area (Å²) in [5, 5.41) is 3.11. The van der Waals surface area contributed by atoms with Crippen LogP contribution in [-0.4, -0.2) is 61.1 Å². The average molecular weight is 357 g/mol. The summed E-state index contributed by atoms with van der Waals surface area (Å²) < 4.78 is 15.7. The molecule has 1 aromatic carbocycles. The largest absolute Gasteiger partial charge is 0.459 e. The Balaban J connectivity index is 1.26. The molecule has 0 spiro atoms. The number of nitrogens with zero attached hydrogens (tertiary/aromatic N) is 2. The van der Waals surface area contributed by atoms with Crippen LogP contribution in [0.25, 0.3) is 0 Å². The molecule has 4 rings (SSSR count). The van der Waals surface area contributed by atoms with Crippen LogP contribution in [-0.2, 0) is 4.79 Å². The molecular weight excluding hydrogens is 338 g/mol. The lowest BCUT2D eigenvalue weighted by Crippen LogP contribution is -2.51. The Labute approximate surface area is 150 Å². The number of rotatable bonds is 4. The lowest BCUT2D eigenvalue weighted by molar-refractivity contribution is -0.130. The van der Waals surface area contributed by atoms with E-state index in [2.05, 4.69) is 5.32 Å². The van der Waals surface area contributed by atoms with Gasteiger partial charge in [0.2, 0.25) is 12.7 Å². The van der Waals surface area contributed by atoms with Crippen LogP contribution >= 0.6 is 0 Å². The van der Waals surface area contributed by atoms with Crippen molar-refractivity contribution in [2.24, 2.45) is 0 Å². The number of carbonyl (C=O) groups excluding carboxylic acids is 2. The fraction of sp³-hybridized carbons (Fsp3) is 0.333. The van der Waals surface area contributed by atoms with Gasteiger partial charge in [-0.25, -0.2) is 0 Å². The quantitative estimate of drug-likeness (QED) is 0.891. The fourth-order valence-electron chi connectivity index (χ4n) is 3.01. The van der Waals surface area contributed by atoms with Crippen molar-refractivity contribution in [2.45, 2.75) is 0 Å². The molecule has 1 fully saturated rings. The molecular formula is C18H19N3O5. The van der Waals surface area contributed by atoms with Crippen molar-refractivity contribution in [3.63, 3.8) is 0 Å². The second-order valence-electron chi connectivity index (χ2n) is 6.07. The van der Waals surface area contributed by atoms with Gasteiger partial charge in [-0.3, -0.25) is 9.59 Å². The number of hydrogen-bond acceptors (Lipinski definition) is 6. The number of ether oxygens (including phenoxy) is 2. The molecule has 136 valence electrons. The van der Waals surface area contributed by atoms with Gasteiger partial charge in [-0.2, -0.15) is 0 Å². The number of amides is 2. The summed E-state index contributed by atoms with van der Waals surface area (Å²) >= 11 is 0. The third-order valence-corrected chi connectivity index (χ3v) is 4.47. The van der Waals surface area contributed by atoms with Crippen LogP contribution in [0.5, 0.6) is 11.5 Å². The number of hydrogen-bond donors (Lipinski definition) is 1. The number of anilines is 1. The summed E-state index contributed by atoms with van der Waals surface area (Å²) in [6.07, 6.45) is 1.48. The van der Waals surface area contributed by atoms with Crippen molar-refractivity contribution in [3.05, 3.63) is 42.4 Å². The highest BCUT2D eigenvalue weighted by molar-refractivity contribution is 5.91. The maximum absolute atomic E-state index is 12.4. The molecule has 1 aromatic heterocycles.